The second-order valence-corrected chi connectivity index (χ2v) is 9.46. The van der Waals surface area contributed by atoms with Crippen molar-refractivity contribution < 1.29 is 18.8 Å². The fraction of sp³-hybridized carbons (Fsp3) is 0.619. The minimum Gasteiger partial charge on any atom is -0.444 e. The van der Waals surface area contributed by atoms with Crippen molar-refractivity contribution in [3.05, 3.63) is 24.0 Å². The zero-order chi connectivity index (χ0) is 21.6. The summed E-state index contributed by atoms with van der Waals surface area (Å²) in [4.78, 5) is 16.7. The normalized spacial score (nSPS) is 18.3. The Balaban J connectivity index is 1.84. The van der Waals surface area contributed by atoms with E-state index in [1.807, 2.05) is 60.6 Å². The van der Waals surface area contributed by atoms with Gasteiger partial charge in [0.25, 0.3) is 0 Å². The second kappa shape index (κ2) is 7.33. The summed E-state index contributed by atoms with van der Waals surface area (Å²) < 4.78 is 19.8. The molecule has 0 spiro atoms. The summed E-state index contributed by atoms with van der Waals surface area (Å²) in [7, 11) is -0.423. The maximum Gasteiger partial charge on any atom is 0.494 e. The maximum absolute atomic E-state index is 12.0. The molecule has 1 aliphatic rings. The van der Waals surface area contributed by atoms with Gasteiger partial charge < -0.3 is 23.9 Å². The van der Waals surface area contributed by atoms with Crippen LogP contribution in [0.5, 0.6) is 0 Å². The largest absolute Gasteiger partial charge is 0.494 e. The smallest absolute Gasteiger partial charge is 0.444 e. The zero-order valence-corrected chi connectivity index (χ0v) is 18.8. The molecule has 0 saturated carbocycles. The van der Waals surface area contributed by atoms with Gasteiger partial charge in [-0.05, 0) is 73.0 Å². The Bertz CT molecular complexity index is 899. The van der Waals surface area contributed by atoms with E-state index in [2.05, 4.69) is 27.9 Å². The van der Waals surface area contributed by atoms with Crippen molar-refractivity contribution >= 4 is 29.7 Å². The van der Waals surface area contributed by atoms with Crippen LogP contribution in [0.4, 0.5) is 4.79 Å². The number of hydrogen-bond donors (Lipinski definition) is 1. The molecule has 0 radical (unpaired) electrons. The van der Waals surface area contributed by atoms with E-state index in [1.165, 1.54) is 0 Å². The molecule has 7 nitrogen and oxygen atoms in total. The predicted molar refractivity (Wildman–Crippen MR) is 114 cm³/mol. The van der Waals surface area contributed by atoms with E-state index < -0.39 is 18.8 Å². The average Bonchev–Trinajstić information content (AvgIpc) is 3.04. The highest BCUT2D eigenvalue weighted by Gasteiger charge is 2.51. The number of aryl methyl sites for hydroxylation is 1. The Kier molecular flexibility index (Phi) is 5.47. The first kappa shape index (κ1) is 21.6. The van der Waals surface area contributed by atoms with Crippen molar-refractivity contribution in [2.75, 3.05) is 0 Å². The van der Waals surface area contributed by atoms with Crippen LogP contribution < -0.4 is 10.8 Å². The van der Waals surface area contributed by atoms with Crippen LogP contribution >= 0.6 is 0 Å². The molecule has 1 amide bonds. The van der Waals surface area contributed by atoms with Crippen LogP contribution in [0.15, 0.2) is 18.2 Å². The molecule has 2 heterocycles. The van der Waals surface area contributed by atoms with Crippen LogP contribution in [0.25, 0.3) is 11.0 Å². The highest BCUT2D eigenvalue weighted by atomic mass is 16.7. The van der Waals surface area contributed by atoms with Crippen molar-refractivity contribution in [2.24, 2.45) is 0 Å². The molecule has 158 valence electrons. The summed E-state index contributed by atoms with van der Waals surface area (Å²) in [6.45, 7) is 16.8. The fourth-order valence-electron chi connectivity index (χ4n) is 3.27. The van der Waals surface area contributed by atoms with Gasteiger partial charge in [0.15, 0.2) is 0 Å². The Morgan fingerprint density at radius 1 is 1.21 bits per heavy atom. The SMILES string of the molecule is CCn1c(CNC(=O)OC(C)(C)C)nc2ccc(B3OC(C)(C)C(C)(C)O3)cc21. The van der Waals surface area contributed by atoms with Gasteiger partial charge in [0, 0.05) is 6.54 Å². The van der Waals surface area contributed by atoms with Gasteiger partial charge in [-0.2, -0.15) is 0 Å². The Hall–Kier alpha value is -2.06. The number of rotatable bonds is 4. The summed E-state index contributed by atoms with van der Waals surface area (Å²) in [5, 5.41) is 2.79. The van der Waals surface area contributed by atoms with Crippen LogP contribution in [0, 0.1) is 0 Å². The van der Waals surface area contributed by atoms with E-state index in [4.69, 9.17) is 14.0 Å². The van der Waals surface area contributed by atoms with Gasteiger partial charge in [-0.3, -0.25) is 0 Å². The van der Waals surface area contributed by atoms with Gasteiger partial charge in [0.1, 0.15) is 11.4 Å². The van der Waals surface area contributed by atoms with Crippen LogP contribution in [0.2, 0.25) is 0 Å². The van der Waals surface area contributed by atoms with Gasteiger partial charge in [0.2, 0.25) is 0 Å². The number of carbonyl (C=O) groups is 1. The second-order valence-electron chi connectivity index (χ2n) is 9.46. The quantitative estimate of drug-likeness (QED) is 0.796. The lowest BCUT2D eigenvalue weighted by Gasteiger charge is -2.32. The van der Waals surface area contributed by atoms with Crippen molar-refractivity contribution in [3.8, 4) is 0 Å². The van der Waals surface area contributed by atoms with Crippen LogP contribution in [0.3, 0.4) is 0 Å². The van der Waals surface area contributed by atoms with E-state index in [1.54, 1.807) is 0 Å². The van der Waals surface area contributed by atoms with Gasteiger partial charge in [-0.1, -0.05) is 6.07 Å². The molecule has 1 N–H and O–H groups in total. The standard InChI is InChI=1S/C21H32BN3O4/c1-9-25-16-12-14(22-28-20(5,6)21(7,8)29-22)10-11-15(16)24-17(25)13-23-18(26)27-19(2,3)4/h10-12H,9,13H2,1-8H3,(H,23,26). The summed E-state index contributed by atoms with van der Waals surface area (Å²) in [5.41, 5.74) is 1.50. The first-order valence-electron chi connectivity index (χ1n) is 10.1. The molecule has 2 aromatic rings. The van der Waals surface area contributed by atoms with E-state index in [-0.39, 0.29) is 11.2 Å². The van der Waals surface area contributed by atoms with Crippen molar-refractivity contribution in [3.63, 3.8) is 0 Å². The number of imidazole rings is 1. The minimum atomic E-state index is -0.535. The molecular weight excluding hydrogens is 369 g/mol. The number of aromatic nitrogens is 2. The van der Waals surface area contributed by atoms with E-state index >= 15 is 0 Å². The first-order chi connectivity index (χ1) is 13.3. The highest BCUT2D eigenvalue weighted by molar-refractivity contribution is 6.62. The van der Waals surface area contributed by atoms with Crippen LogP contribution in [-0.2, 0) is 27.1 Å². The Morgan fingerprint density at radius 3 is 2.38 bits per heavy atom. The van der Waals surface area contributed by atoms with Crippen LogP contribution in [-0.4, -0.2) is 39.6 Å². The molecular formula is C21H32BN3O4. The highest BCUT2D eigenvalue weighted by Crippen LogP contribution is 2.36. The lowest BCUT2D eigenvalue weighted by molar-refractivity contribution is 0.00578. The Labute approximate surface area is 173 Å². The van der Waals surface area contributed by atoms with E-state index in [0.717, 1.165) is 28.9 Å². The van der Waals surface area contributed by atoms with Crippen LogP contribution in [0.1, 0.15) is 61.2 Å². The average molecular weight is 401 g/mol. The monoisotopic (exact) mass is 401 g/mol. The number of benzene rings is 1. The molecule has 1 aromatic heterocycles. The summed E-state index contributed by atoms with van der Waals surface area (Å²) in [5.74, 6) is 0.777. The number of amides is 1. The third kappa shape index (κ3) is 4.43. The molecule has 1 fully saturated rings. The predicted octanol–water partition coefficient (Wildman–Crippen LogP) is 3.38. The van der Waals surface area contributed by atoms with E-state index in [9.17, 15) is 4.79 Å². The number of alkyl carbamates (subject to hydrolysis) is 1. The van der Waals surface area contributed by atoms with E-state index in [0.29, 0.717) is 6.54 Å². The topological polar surface area (TPSA) is 74.6 Å². The van der Waals surface area contributed by atoms with Gasteiger partial charge in [0.05, 0.1) is 28.8 Å². The van der Waals surface area contributed by atoms with Crippen molar-refractivity contribution in [1.29, 1.82) is 0 Å². The maximum atomic E-state index is 12.0. The molecule has 0 atom stereocenters. The van der Waals surface area contributed by atoms with Gasteiger partial charge >= 0.3 is 13.2 Å². The number of nitrogens with zero attached hydrogens (tertiary/aromatic N) is 2. The molecule has 1 aromatic carbocycles. The number of nitrogens with one attached hydrogen (secondary N) is 1. The lowest BCUT2D eigenvalue weighted by Crippen LogP contribution is -2.41. The minimum absolute atomic E-state index is 0.295. The first-order valence-corrected chi connectivity index (χ1v) is 10.1. The van der Waals surface area contributed by atoms with Crippen molar-refractivity contribution in [2.45, 2.75) is 85.3 Å². The summed E-state index contributed by atoms with van der Waals surface area (Å²) in [6, 6.07) is 6.02. The summed E-state index contributed by atoms with van der Waals surface area (Å²) in [6.07, 6.45) is -0.454. The molecule has 0 unspecified atom stereocenters. The molecule has 1 saturated heterocycles. The summed E-state index contributed by atoms with van der Waals surface area (Å²) >= 11 is 0. The number of carbonyl (C=O) groups excluding carboxylic acids is 1. The third-order valence-electron chi connectivity index (χ3n) is 5.48. The molecule has 0 bridgehead atoms. The molecule has 3 rings (SSSR count). The molecule has 1 aliphatic heterocycles. The van der Waals surface area contributed by atoms with Gasteiger partial charge in [-0.15, -0.1) is 0 Å². The molecule has 0 aliphatic carbocycles. The number of ether oxygens (including phenoxy) is 1. The molecule has 8 heteroatoms. The zero-order valence-electron chi connectivity index (χ0n) is 18.8. The Morgan fingerprint density at radius 2 is 1.83 bits per heavy atom. The van der Waals surface area contributed by atoms with Gasteiger partial charge in [-0.25, -0.2) is 9.78 Å². The van der Waals surface area contributed by atoms with Crippen molar-refractivity contribution in [1.82, 2.24) is 14.9 Å². The lowest BCUT2D eigenvalue weighted by atomic mass is 9.79. The number of hydrogen-bond acceptors (Lipinski definition) is 5. The number of fused-ring (bicyclic) bond motifs is 1. The fourth-order valence-corrected chi connectivity index (χ4v) is 3.27. The molecule has 29 heavy (non-hydrogen) atoms. The third-order valence-corrected chi connectivity index (χ3v) is 5.48.